The van der Waals surface area contributed by atoms with Crippen molar-refractivity contribution in [3.05, 3.63) is 22.4 Å². The standard InChI is InChI=1S/C9H13NOS/c1-10(2)8(5-6-11)9-4-3-7-12-9/h3-4,6-8H,5H2,1-2H3. The van der Waals surface area contributed by atoms with E-state index in [1.165, 1.54) is 4.88 Å². The summed E-state index contributed by atoms with van der Waals surface area (Å²) < 4.78 is 0. The van der Waals surface area contributed by atoms with Gasteiger partial charge in [-0.15, -0.1) is 11.3 Å². The van der Waals surface area contributed by atoms with Crippen LogP contribution in [-0.4, -0.2) is 25.3 Å². The lowest BCUT2D eigenvalue weighted by atomic mass is 10.2. The summed E-state index contributed by atoms with van der Waals surface area (Å²) in [6.45, 7) is 0. The molecule has 0 aliphatic rings. The highest BCUT2D eigenvalue weighted by atomic mass is 32.1. The Morgan fingerprint density at radius 3 is 2.83 bits per heavy atom. The van der Waals surface area contributed by atoms with Gasteiger partial charge in [0.05, 0.1) is 6.04 Å². The molecular formula is C9H13NOS. The van der Waals surface area contributed by atoms with E-state index in [0.717, 1.165) is 6.29 Å². The van der Waals surface area contributed by atoms with Crippen LogP contribution >= 0.6 is 11.3 Å². The smallest absolute Gasteiger partial charge is 0.121 e. The number of nitrogens with zero attached hydrogens (tertiary/aromatic N) is 1. The maximum absolute atomic E-state index is 10.4. The van der Waals surface area contributed by atoms with Crippen molar-refractivity contribution in [3.63, 3.8) is 0 Å². The van der Waals surface area contributed by atoms with Crippen LogP contribution in [0.15, 0.2) is 17.5 Å². The van der Waals surface area contributed by atoms with E-state index in [1.54, 1.807) is 11.3 Å². The number of hydrogen-bond acceptors (Lipinski definition) is 3. The SMILES string of the molecule is CN(C)C(CC=O)c1cccs1. The third kappa shape index (κ3) is 2.16. The Kier molecular flexibility index (Phi) is 3.44. The zero-order valence-electron chi connectivity index (χ0n) is 7.36. The highest BCUT2D eigenvalue weighted by Crippen LogP contribution is 2.24. The van der Waals surface area contributed by atoms with Gasteiger partial charge in [0.1, 0.15) is 6.29 Å². The topological polar surface area (TPSA) is 20.3 Å². The predicted molar refractivity (Wildman–Crippen MR) is 51.4 cm³/mol. The molecule has 0 amide bonds. The van der Waals surface area contributed by atoms with Gasteiger partial charge in [0.25, 0.3) is 0 Å². The summed E-state index contributed by atoms with van der Waals surface area (Å²) in [6.07, 6.45) is 1.55. The van der Waals surface area contributed by atoms with Gasteiger partial charge in [-0.25, -0.2) is 0 Å². The van der Waals surface area contributed by atoms with Gasteiger partial charge in [0.15, 0.2) is 0 Å². The summed E-state index contributed by atoms with van der Waals surface area (Å²) in [4.78, 5) is 13.7. The Bertz CT molecular complexity index is 231. The minimum Gasteiger partial charge on any atom is -0.303 e. The molecule has 3 heteroatoms. The van der Waals surface area contributed by atoms with Gasteiger partial charge in [-0.2, -0.15) is 0 Å². The number of rotatable bonds is 4. The number of hydrogen-bond donors (Lipinski definition) is 0. The fourth-order valence-corrected chi connectivity index (χ4v) is 2.09. The molecule has 1 rings (SSSR count). The third-order valence-corrected chi connectivity index (χ3v) is 2.79. The zero-order valence-corrected chi connectivity index (χ0v) is 8.17. The molecule has 66 valence electrons. The van der Waals surface area contributed by atoms with Crippen LogP contribution in [-0.2, 0) is 4.79 Å². The van der Waals surface area contributed by atoms with E-state index in [2.05, 4.69) is 11.0 Å². The third-order valence-electron chi connectivity index (χ3n) is 1.81. The highest BCUT2D eigenvalue weighted by molar-refractivity contribution is 7.10. The van der Waals surface area contributed by atoms with Crippen LogP contribution in [0.5, 0.6) is 0 Å². The Labute approximate surface area is 76.8 Å². The van der Waals surface area contributed by atoms with Crippen LogP contribution in [0.2, 0.25) is 0 Å². The summed E-state index contributed by atoms with van der Waals surface area (Å²) in [7, 11) is 3.99. The van der Waals surface area contributed by atoms with Crippen LogP contribution in [0.25, 0.3) is 0 Å². The lowest BCUT2D eigenvalue weighted by Gasteiger charge is -2.20. The van der Waals surface area contributed by atoms with Crippen molar-refractivity contribution in [2.24, 2.45) is 0 Å². The maximum atomic E-state index is 10.4. The van der Waals surface area contributed by atoms with Crippen molar-refractivity contribution in [1.29, 1.82) is 0 Å². The number of carbonyl (C=O) groups excluding carboxylic acids is 1. The molecule has 12 heavy (non-hydrogen) atoms. The van der Waals surface area contributed by atoms with E-state index >= 15 is 0 Å². The molecule has 0 N–H and O–H groups in total. The molecule has 0 spiro atoms. The van der Waals surface area contributed by atoms with Crippen molar-refractivity contribution < 1.29 is 4.79 Å². The largest absolute Gasteiger partial charge is 0.303 e. The number of thiophene rings is 1. The van der Waals surface area contributed by atoms with Gasteiger partial charge >= 0.3 is 0 Å². The first kappa shape index (κ1) is 9.42. The summed E-state index contributed by atoms with van der Waals surface area (Å²) in [5.41, 5.74) is 0. The summed E-state index contributed by atoms with van der Waals surface area (Å²) in [6, 6.07) is 4.34. The molecule has 0 fully saturated rings. The van der Waals surface area contributed by atoms with Gasteiger partial charge in [0.2, 0.25) is 0 Å². The summed E-state index contributed by atoms with van der Waals surface area (Å²) >= 11 is 1.70. The fraction of sp³-hybridized carbons (Fsp3) is 0.444. The second kappa shape index (κ2) is 4.38. The Hall–Kier alpha value is -0.670. The van der Waals surface area contributed by atoms with E-state index < -0.39 is 0 Å². The van der Waals surface area contributed by atoms with E-state index in [4.69, 9.17) is 0 Å². The first-order chi connectivity index (χ1) is 5.75. The molecule has 0 bridgehead atoms. The van der Waals surface area contributed by atoms with E-state index in [1.807, 2.05) is 25.5 Å². The average molecular weight is 183 g/mol. The van der Waals surface area contributed by atoms with E-state index in [-0.39, 0.29) is 6.04 Å². The van der Waals surface area contributed by atoms with Crippen LogP contribution in [0, 0.1) is 0 Å². The molecule has 0 saturated carbocycles. The van der Waals surface area contributed by atoms with Gasteiger partial charge in [-0.1, -0.05) is 6.07 Å². The lowest BCUT2D eigenvalue weighted by molar-refractivity contribution is -0.108. The molecule has 1 heterocycles. The van der Waals surface area contributed by atoms with Crippen LogP contribution < -0.4 is 0 Å². The summed E-state index contributed by atoms with van der Waals surface area (Å²) in [5.74, 6) is 0. The molecule has 2 nitrogen and oxygen atoms in total. The predicted octanol–water partition coefficient (Wildman–Crippen LogP) is 1.94. The van der Waals surface area contributed by atoms with E-state index in [0.29, 0.717) is 6.42 Å². The minimum absolute atomic E-state index is 0.252. The monoisotopic (exact) mass is 183 g/mol. The van der Waals surface area contributed by atoms with Crippen molar-refractivity contribution >= 4 is 17.6 Å². The van der Waals surface area contributed by atoms with Gasteiger partial charge in [-0.3, -0.25) is 0 Å². The van der Waals surface area contributed by atoms with Crippen molar-refractivity contribution in [3.8, 4) is 0 Å². The Morgan fingerprint density at radius 2 is 2.42 bits per heavy atom. The normalized spacial score (nSPS) is 13.2. The van der Waals surface area contributed by atoms with Gasteiger partial charge in [-0.05, 0) is 25.5 Å². The van der Waals surface area contributed by atoms with Crippen molar-refractivity contribution in [2.45, 2.75) is 12.5 Å². The summed E-state index contributed by atoms with van der Waals surface area (Å²) in [5, 5.41) is 2.04. The molecular weight excluding hydrogens is 170 g/mol. The zero-order chi connectivity index (χ0) is 8.97. The molecule has 0 radical (unpaired) electrons. The first-order valence-corrected chi connectivity index (χ1v) is 4.77. The second-order valence-corrected chi connectivity index (χ2v) is 3.88. The molecule has 1 unspecified atom stereocenters. The van der Waals surface area contributed by atoms with Crippen molar-refractivity contribution in [1.82, 2.24) is 4.90 Å². The van der Waals surface area contributed by atoms with Gasteiger partial charge < -0.3 is 9.69 Å². The molecule has 1 aromatic heterocycles. The quantitative estimate of drug-likeness (QED) is 0.665. The molecule has 0 aliphatic heterocycles. The molecule has 0 saturated heterocycles. The average Bonchev–Trinajstić information content (AvgIpc) is 2.51. The Morgan fingerprint density at radius 1 is 1.67 bits per heavy atom. The molecule has 0 aromatic carbocycles. The van der Waals surface area contributed by atoms with Crippen LogP contribution in [0.4, 0.5) is 0 Å². The molecule has 1 atom stereocenters. The maximum Gasteiger partial charge on any atom is 0.121 e. The number of aldehydes is 1. The second-order valence-electron chi connectivity index (χ2n) is 2.90. The number of carbonyl (C=O) groups is 1. The van der Waals surface area contributed by atoms with Crippen LogP contribution in [0.3, 0.4) is 0 Å². The highest BCUT2D eigenvalue weighted by Gasteiger charge is 2.13. The molecule has 0 aliphatic carbocycles. The van der Waals surface area contributed by atoms with Crippen molar-refractivity contribution in [2.75, 3.05) is 14.1 Å². The molecule has 1 aromatic rings. The van der Waals surface area contributed by atoms with Crippen LogP contribution in [0.1, 0.15) is 17.3 Å². The van der Waals surface area contributed by atoms with E-state index in [9.17, 15) is 4.79 Å². The lowest BCUT2D eigenvalue weighted by Crippen LogP contribution is -2.19. The minimum atomic E-state index is 0.252. The first-order valence-electron chi connectivity index (χ1n) is 3.89. The Balaban J connectivity index is 2.73. The van der Waals surface area contributed by atoms with Gasteiger partial charge in [0, 0.05) is 11.3 Å². The fourth-order valence-electron chi connectivity index (χ4n) is 1.15.